The van der Waals surface area contributed by atoms with Gasteiger partial charge in [-0.3, -0.25) is 19.9 Å². The number of nitrogens with zero attached hydrogens (tertiary/aromatic N) is 4. The molecule has 0 bridgehead atoms. The number of nitrogens with one attached hydrogen (secondary N) is 1. The van der Waals surface area contributed by atoms with Crippen molar-refractivity contribution in [3.8, 4) is 11.3 Å². The first kappa shape index (κ1) is 20.7. The van der Waals surface area contributed by atoms with E-state index in [1.807, 2.05) is 25.3 Å². The van der Waals surface area contributed by atoms with Crippen LogP contribution in [0, 0.1) is 12.7 Å². The number of H-pyrrole nitrogens is 1. The van der Waals surface area contributed by atoms with Gasteiger partial charge < -0.3 is 5.11 Å². The average molecular weight is 410 g/mol. The van der Waals surface area contributed by atoms with E-state index in [0.717, 1.165) is 67.4 Å². The minimum Gasteiger partial charge on any atom is -0.396 e. The molecule has 1 aromatic carbocycles. The molecular weight excluding hydrogens is 381 g/mol. The molecule has 3 heterocycles. The second-order valence-electron chi connectivity index (χ2n) is 7.92. The molecule has 158 valence electrons. The van der Waals surface area contributed by atoms with Crippen molar-refractivity contribution < 1.29 is 9.50 Å². The van der Waals surface area contributed by atoms with Crippen LogP contribution < -0.4 is 0 Å². The van der Waals surface area contributed by atoms with Crippen molar-refractivity contribution >= 4 is 0 Å². The molecule has 1 aliphatic rings. The maximum absolute atomic E-state index is 13.3. The highest BCUT2D eigenvalue weighted by atomic mass is 19.1. The number of halogens is 1. The van der Waals surface area contributed by atoms with Crippen molar-refractivity contribution in [2.75, 3.05) is 26.2 Å². The van der Waals surface area contributed by atoms with Crippen LogP contribution in [0.1, 0.15) is 23.4 Å². The Bertz CT molecular complexity index is 958. The van der Waals surface area contributed by atoms with Crippen molar-refractivity contribution in [3.05, 3.63) is 71.4 Å². The molecule has 1 atom stereocenters. The van der Waals surface area contributed by atoms with E-state index in [4.69, 9.17) is 0 Å². The van der Waals surface area contributed by atoms with Crippen molar-refractivity contribution in [3.63, 3.8) is 0 Å². The summed E-state index contributed by atoms with van der Waals surface area (Å²) < 4.78 is 13.3. The zero-order chi connectivity index (χ0) is 20.9. The minimum absolute atomic E-state index is 0.169. The SMILES string of the molecule is Cc1cccc(CN2CCN(Cc3cn[nH]c3-c3ccc(F)cc3)C[C@H]2CCO)n1. The van der Waals surface area contributed by atoms with Crippen molar-refractivity contribution in [2.24, 2.45) is 0 Å². The molecule has 2 N–H and O–H groups in total. The van der Waals surface area contributed by atoms with Gasteiger partial charge in [0.15, 0.2) is 0 Å². The normalized spacial score (nSPS) is 18.0. The van der Waals surface area contributed by atoms with Gasteiger partial charge in [-0.2, -0.15) is 5.10 Å². The van der Waals surface area contributed by atoms with Gasteiger partial charge >= 0.3 is 0 Å². The molecule has 1 aliphatic heterocycles. The summed E-state index contributed by atoms with van der Waals surface area (Å²) in [7, 11) is 0. The highest BCUT2D eigenvalue weighted by Gasteiger charge is 2.27. The van der Waals surface area contributed by atoms with Crippen LogP contribution in [0.4, 0.5) is 4.39 Å². The van der Waals surface area contributed by atoms with Gasteiger partial charge in [-0.15, -0.1) is 0 Å². The molecule has 0 amide bonds. The van der Waals surface area contributed by atoms with Gasteiger partial charge in [-0.05, 0) is 49.7 Å². The first-order valence-corrected chi connectivity index (χ1v) is 10.4. The molecule has 30 heavy (non-hydrogen) atoms. The van der Waals surface area contributed by atoms with Crippen LogP contribution in [-0.2, 0) is 13.1 Å². The molecule has 6 nitrogen and oxygen atoms in total. The molecule has 4 rings (SSSR count). The quantitative estimate of drug-likeness (QED) is 0.628. The van der Waals surface area contributed by atoms with Gasteiger partial charge in [0.1, 0.15) is 5.82 Å². The van der Waals surface area contributed by atoms with Crippen LogP contribution >= 0.6 is 0 Å². The van der Waals surface area contributed by atoms with Crippen molar-refractivity contribution in [2.45, 2.75) is 32.5 Å². The lowest BCUT2D eigenvalue weighted by Gasteiger charge is -2.41. The number of pyridine rings is 1. The first-order valence-electron chi connectivity index (χ1n) is 10.4. The largest absolute Gasteiger partial charge is 0.396 e. The van der Waals surface area contributed by atoms with Crippen LogP contribution in [-0.4, -0.2) is 62.4 Å². The Morgan fingerprint density at radius 1 is 1.13 bits per heavy atom. The Morgan fingerprint density at radius 2 is 1.97 bits per heavy atom. The maximum atomic E-state index is 13.3. The lowest BCUT2D eigenvalue weighted by molar-refractivity contribution is 0.0492. The van der Waals surface area contributed by atoms with Crippen LogP contribution in [0.5, 0.6) is 0 Å². The highest BCUT2D eigenvalue weighted by molar-refractivity contribution is 5.62. The van der Waals surface area contributed by atoms with E-state index in [0.29, 0.717) is 0 Å². The monoisotopic (exact) mass is 409 g/mol. The number of aliphatic hydroxyl groups excluding tert-OH is 1. The fourth-order valence-corrected chi connectivity index (χ4v) is 4.17. The van der Waals surface area contributed by atoms with Gasteiger partial charge in [-0.25, -0.2) is 4.39 Å². The summed E-state index contributed by atoms with van der Waals surface area (Å²) >= 11 is 0. The molecule has 0 spiro atoms. The molecule has 0 saturated carbocycles. The number of benzene rings is 1. The topological polar surface area (TPSA) is 68.3 Å². The average Bonchev–Trinajstić information content (AvgIpc) is 3.19. The fraction of sp³-hybridized carbons (Fsp3) is 0.391. The third-order valence-corrected chi connectivity index (χ3v) is 5.71. The van der Waals surface area contributed by atoms with Gasteiger partial charge in [0, 0.05) is 62.2 Å². The third kappa shape index (κ3) is 4.92. The lowest BCUT2D eigenvalue weighted by atomic mass is 10.1. The maximum Gasteiger partial charge on any atom is 0.123 e. The number of hydrogen-bond acceptors (Lipinski definition) is 5. The molecule has 2 aromatic heterocycles. The summed E-state index contributed by atoms with van der Waals surface area (Å²) in [6, 6.07) is 12.9. The van der Waals surface area contributed by atoms with E-state index < -0.39 is 0 Å². The van der Waals surface area contributed by atoms with Crippen LogP contribution in [0.2, 0.25) is 0 Å². The Kier molecular flexibility index (Phi) is 6.52. The Hall–Kier alpha value is -2.61. The molecule has 1 fully saturated rings. The van der Waals surface area contributed by atoms with Crippen LogP contribution in [0.15, 0.2) is 48.7 Å². The van der Waals surface area contributed by atoms with Crippen molar-refractivity contribution in [1.82, 2.24) is 25.0 Å². The highest BCUT2D eigenvalue weighted by Crippen LogP contribution is 2.24. The molecule has 0 radical (unpaired) electrons. The zero-order valence-electron chi connectivity index (χ0n) is 17.3. The van der Waals surface area contributed by atoms with Crippen LogP contribution in [0.3, 0.4) is 0 Å². The Morgan fingerprint density at radius 3 is 2.73 bits per heavy atom. The Labute approximate surface area is 176 Å². The van der Waals surface area contributed by atoms with Gasteiger partial charge in [0.25, 0.3) is 0 Å². The first-order chi connectivity index (χ1) is 14.6. The smallest absolute Gasteiger partial charge is 0.123 e. The van der Waals surface area contributed by atoms with E-state index in [1.165, 1.54) is 12.1 Å². The molecule has 0 unspecified atom stereocenters. The zero-order valence-corrected chi connectivity index (χ0v) is 17.3. The summed E-state index contributed by atoms with van der Waals surface area (Å²) in [5.74, 6) is -0.245. The number of aliphatic hydroxyl groups is 1. The molecule has 7 heteroatoms. The number of hydrogen-bond donors (Lipinski definition) is 2. The second kappa shape index (κ2) is 9.47. The van der Waals surface area contributed by atoms with E-state index in [1.54, 1.807) is 12.1 Å². The Balaban J connectivity index is 1.44. The molecule has 1 saturated heterocycles. The van der Waals surface area contributed by atoms with Gasteiger partial charge in [-0.1, -0.05) is 6.07 Å². The second-order valence-corrected chi connectivity index (χ2v) is 7.92. The number of aryl methyl sites for hydroxylation is 1. The summed E-state index contributed by atoms with van der Waals surface area (Å²) in [4.78, 5) is 9.46. The predicted octanol–water partition coefficient (Wildman–Crippen LogP) is 2.99. The summed E-state index contributed by atoms with van der Waals surface area (Å²) in [5.41, 5.74) is 5.05. The van der Waals surface area contributed by atoms with Crippen LogP contribution in [0.25, 0.3) is 11.3 Å². The molecular formula is C23H28FN5O. The number of aromatic nitrogens is 3. The van der Waals surface area contributed by atoms with Gasteiger partial charge in [0.2, 0.25) is 0 Å². The third-order valence-electron chi connectivity index (χ3n) is 5.71. The number of aromatic amines is 1. The minimum atomic E-state index is -0.245. The standard InChI is InChI=1S/C23H28FN5O/c1-17-3-2-4-21(26-17)15-29-11-10-28(16-22(29)9-12-30)14-19-13-25-27-23(19)18-5-7-20(24)8-6-18/h2-8,13,22,30H,9-12,14-16H2,1H3,(H,25,27)/t22-/m1/s1. The van der Waals surface area contributed by atoms with Gasteiger partial charge in [0.05, 0.1) is 17.6 Å². The van der Waals surface area contributed by atoms with E-state index in [-0.39, 0.29) is 18.5 Å². The fourth-order valence-electron chi connectivity index (χ4n) is 4.17. The number of piperazine rings is 1. The van der Waals surface area contributed by atoms with E-state index in [9.17, 15) is 9.50 Å². The molecule has 0 aliphatic carbocycles. The van der Waals surface area contributed by atoms with Crippen molar-refractivity contribution in [1.29, 1.82) is 0 Å². The summed E-state index contributed by atoms with van der Waals surface area (Å²) in [6.07, 6.45) is 2.58. The molecule has 3 aromatic rings. The van der Waals surface area contributed by atoms with E-state index >= 15 is 0 Å². The number of rotatable bonds is 7. The predicted molar refractivity (Wildman–Crippen MR) is 114 cm³/mol. The summed E-state index contributed by atoms with van der Waals surface area (Å²) in [6.45, 7) is 6.47. The summed E-state index contributed by atoms with van der Waals surface area (Å²) in [5, 5.41) is 16.9. The van der Waals surface area contributed by atoms with E-state index in [2.05, 4.69) is 31.0 Å². The lowest BCUT2D eigenvalue weighted by Crippen LogP contribution is -2.52.